The summed E-state index contributed by atoms with van der Waals surface area (Å²) in [4.78, 5) is 32.4. The SMILES string of the molecule is O=C(CC1=NCCO1)c1ccc2[nH]c(=O)[nH]c2c1. The third-order valence-corrected chi connectivity index (χ3v) is 2.80. The smallest absolute Gasteiger partial charge is 0.323 e. The van der Waals surface area contributed by atoms with E-state index in [9.17, 15) is 9.59 Å². The van der Waals surface area contributed by atoms with E-state index in [-0.39, 0.29) is 17.9 Å². The molecule has 1 aromatic heterocycles. The highest BCUT2D eigenvalue weighted by molar-refractivity contribution is 6.08. The number of carbonyl (C=O) groups is 1. The second kappa shape index (κ2) is 4.14. The highest BCUT2D eigenvalue weighted by atomic mass is 16.5. The maximum Gasteiger partial charge on any atom is 0.323 e. The Morgan fingerprint density at radius 2 is 2.17 bits per heavy atom. The Labute approximate surface area is 102 Å². The van der Waals surface area contributed by atoms with E-state index in [2.05, 4.69) is 15.0 Å². The van der Waals surface area contributed by atoms with E-state index in [0.29, 0.717) is 35.6 Å². The van der Waals surface area contributed by atoms with Crippen molar-refractivity contribution in [2.24, 2.45) is 4.99 Å². The van der Waals surface area contributed by atoms with Gasteiger partial charge >= 0.3 is 5.69 Å². The molecule has 1 aromatic carbocycles. The van der Waals surface area contributed by atoms with Crippen LogP contribution in [0.15, 0.2) is 28.0 Å². The molecule has 18 heavy (non-hydrogen) atoms. The third kappa shape index (κ3) is 1.92. The molecule has 0 spiro atoms. The standard InChI is InChI=1S/C12H11N3O3/c16-10(6-11-13-3-4-18-11)7-1-2-8-9(5-7)15-12(17)14-8/h1-2,5H,3-4,6H2,(H2,14,15,17). The summed E-state index contributed by atoms with van der Waals surface area (Å²) in [6.07, 6.45) is 0.167. The molecule has 0 atom stereocenters. The summed E-state index contributed by atoms with van der Waals surface area (Å²) in [7, 11) is 0. The number of benzene rings is 1. The lowest BCUT2D eigenvalue weighted by Crippen LogP contribution is -2.08. The average Bonchev–Trinajstić information content (AvgIpc) is 2.95. The Bertz CT molecular complexity index is 696. The molecule has 6 nitrogen and oxygen atoms in total. The number of ether oxygens (including phenoxy) is 1. The minimum Gasteiger partial charge on any atom is -0.479 e. The number of aliphatic imine (C=N–C) groups is 1. The number of Topliss-reactive ketones (excluding diaryl/α,β-unsaturated/α-hetero) is 1. The largest absolute Gasteiger partial charge is 0.479 e. The van der Waals surface area contributed by atoms with Crippen LogP contribution in [0.25, 0.3) is 11.0 Å². The monoisotopic (exact) mass is 245 g/mol. The first kappa shape index (κ1) is 10.8. The molecule has 0 saturated heterocycles. The van der Waals surface area contributed by atoms with Crippen LogP contribution < -0.4 is 5.69 Å². The molecule has 2 heterocycles. The van der Waals surface area contributed by atoms with Gasteiger partial charge in [-0.3, -0.25) is 9.79 Å². The van der Waals surface area contributed by atoms with Crippen molar-refractivity contribution in [2.45, 2.75) is 6.42 Å². The molecule has 0 bridgehead atoms. The lowest BCUT2D eigenvalue weighted by atomic mass is 10.1. The molecule has 0 radical (unpaired) electrons. The topological polar surface area (TPSA) is 87.3 Å². The van der Waals surface area contributed by atoms with Gasteiger partial charge in [-0.1, -0.05) is 0 Å². The van der Waals surface area contributed by atoms with Gasteiger partial charge in [-0.2, -0.15) is 0 Å². The molecule has 0 aliphatic carbocycles. The highest BCUT2D eigenvalue weighted by Crippen LogP contribution is 2.13. The minimum atomic E-state index is -0.280. The zero-order chi connectivity index (χ0) is 12.5. The summed E-state index contributed by atoms with van der Waals surface area (Å²) < 4.78 is 5.20. The number of aromatic amines is 2. The summed E-state index contributed by atoms with van der Waals surface area (Å²) in [6, 6.07) is 5.05. The Hall–Kier alpha value is -2.37. The van der Waals surface area contributed by atoms with Gasteiger partial charge in [-0.25, -0.2) is 4.79 Å². The molecule has 1 aliphatic heterocycles. The number of H-pyrrole nitrogens is 2. The van der Waals surface area contributed by atoms with Crippen LogP contribution in [-0.2, 0) is 4.74 Å². The van der Waals surface area contributed by atoms with Crippen LogP contribution in [-0.4, -0.2) is 34.8 Å². The molecule has 1 aliphatic rings. The second-order valence-corrected chi connectivity index (χ2v) is 4.06. The van der Waals surface area contributed by atoms with Crippen molar-refractivity contribution >= 4 is 22.7 Å². The molecular weight excluding hydrogens is 234 g/mol. The fourth-order valence-corrected chi connectivity index (χ4v) is 1.93. The molecule has 0 unspecified atom stereocenters. The lowest BCUT2D eigenvalue weighted by molar-refractivity contribution is 0.0995. The van der Waals surface area contributed by atoms with Crippen molar-refractivity contribution in [2.75, 3.05) is 13.2 Å². The van der Waals surface area contributed by atoms with Crippen LogP contribution in [0.2, 0.25) is 0 Å². The van der Waals surface area contributed by atoms with Crippen LogP contribution >= 0.6 is 0 Å². The van der Waals surface area contributed by atoms with Gasteiger partial charge in [-0.15, -0.1) is 0 Å². The highest BCUT2D eigenvalue weighted by Gasteiger charge is 2.15. The van der Waals surface area contributed by atoms with Crippen LogP contribution in [0.5, 0.6) is 0 Å². The predicted octanol–water partition coefficient (Wildman–Crippen LogP) is 0.858. The maximum absolute atomic E-state index is 12.0. The number of hydrogen-bond acceptors (Lipinski definition) is 4. The number of imidazole rings is 1. The summed E-state index contributed by atoms with van der Waals surface area (Å²) in [5, 5.41) is 0. The molecule has 2 aromatic rings. The number of carbonyl (C=O) groups excluding carboxylic acids is 1. The Balaban J connectivity index is 1.88. The Morgan fingerprint density at radius 3 is 2.94 bits per heavy atom. The Morgan fingerprint density at radius 1 is 1.33 bits per heavy atom. The van der Waals surface area contributed by atoms with Crippen molar-refractivity contribution in [3.8, 4) is 0 Å². The van der Waals surface area contributed by atoms with Gasteiger partial charge < -0.3 is 14.7 Å². The van der Waals surface area contributed by atoms with Gasteiger partial charge in [0.05, 0.1) is 24.0 Å². The van der Waals surface area contributed by atoms with Crippen molar-refractivity contribution < 1.29 is 9.53 Å². The zero-order valence-corrected chi connectivity index (χ0v) is 9.53. The first-order valence-electron chi connectivity index (χ1n) is 5.64. The molecular formula is C12H11N3O3. The van der Waals surface area contributed by atoms with Crippen LogP contribution in [0, 0.1) is 0 Å². The molecule has 3 rings (SSSR count). The minimum absolute atomic E-state index is 0.0698. The maximum atomic E-state index is 12.0. The molecule has 0 saturated carbocycles. The first-order chi connectivity index (χ1) is 8.72. The molecule has 6 heteroatoms. The van der Waals surface area contributed by atoms with Gasteiger partial charge in [0, 0.05) is 5.56 Å². The number of nitrogens with zero attached hydrogens (tertiary/aromatic N) is 1. The quantitative estimate of drug-likeness (QED) is 0.786. The summed E-state index contributed by atoms with van der Waals surface area (Å²) in [5.74, 6) is 0.419. The normalized spacial score (nSPS) is 14.6. The summed E-state index contributed by atoms with van der Waals surface area (Å²) >= 11 is 0. The summed E-state index contributed by atoms with van der Waals surface area (Å²) in [6.45, 7) is 1.17. The van der Waals surface area contributed by atoms with E-state index >= 15 is 0 Å². The van der Waals surface area contributed by atoms with E-state index in [1.807, 2.05) is 0 Å². The third-order valence-electron chi connectivity index (χ3n) is 2.80. The van der Waals surface area contributed by atoms with Crippen molar-refractivity contribution in [3.63, 3.8) is 0 Å². The van der Waals surface area contributed by atoms with Crippen molar-refractivity contribution in [1.82, 2.24) is 9.97 Å². The number of rotatable bonds is 3. The van der Waals surface area contributed by atoms with Crippen molar-refractivity contribution in [1.29, 1.82) is 0 Å². The van der Waals surface area contributed by atoms with Gasteiger partial charge in [0.2, 0.25) is 0 Å². The molecule has 92 valence electrons. The number of ketones is 1. The fraction of sp³-hybridized carbons (Fsp3) is 0.250. The van der Waals surface area contributed by atoms with E-state index < -0.39 is 0 Å². The fourth-order valence-electron chi connectivity index (χ4n) is 1.93. The Kier molecular flexibility index (Phi) is 2.47. The van der Waals surface area contributed by atoms with E-state index in [0.717, 1.165) is 0 Å². The van der Waals surface area contributed by atoms with Gasteiger partial charge in [0.25, 0.3) is 0 Å². The van der Waals surface area contributed by atoms with Crippen molar-refractivity contribution in [3.05, 3.63) is 34.2 Å². The number of aromatic nitrogens is 2. The predicted molar refractivity (Wildman–Crippen MR) is 66.1 cm³/mol. The molecule has 2 N–H and O–H groups in total. The second-order valence-electron chi connectivity index (χ2n) is 4.06. The van der Waals surface area contributed by atoms with Crippen LogP contribution in [0.4, 0.5) is 0 Å². The first-order valence-corrected chi connectivity index (χ1v) is 5.64. The molecule has 0 amide bonds. The number of nitrogens with one attached hydrogen (secondary N) is 2. The number of hydrogen-bond donors (Lipinski definition) is 2. The molecule has 0 fully saturated rings. The summed E-state index contributed by atoms with van der Waals surface area (Å²) in [5.41, 5.74) is 1.57. The van der Waals surface area contributed by atoms with E-state index in [4.69, 9.17) is 4.74 Å². The lowest BCUT2D eigenvalue weighted by Gasteiger charge is -2.01. The van der Waals surface area contributed by atoms with Gasteiger partial charge in [0.1, 0.15) is 6.61 Å². The zero-order valence-electron chi connectivity index (χ0n) is 9.53. The van der Waals surface area contributed by atoms with E-state index in [1.54, 1.807) is 18.2 Å². The van der Waals surface area contributed by atoms with Gasteiger partial charge in [-0.05, 0) is 18.2 Å². The van der Waals surface area contributed by atoms with Gasteiger partial charge in [0.15, 0.2) is 11.7 Å². The van der Waals surface area contributed by atoms with Crippen LogP contribution in [0.1, 0.15) is 16.8 Å². The number of fused-ring (bicyclic) bond motifs is 1. The average molecular weight is 245 g/mol. The van der Waals surface area contributed by atoms with Crippen LogP contribution in [0.3, 0.4) is 0 Å². The van der Waals surface area contributed by atoms with E-state index in [1.165, 1.54) is 0 Å².